The topological polar surface area (TPSA) is 15.8 Å². The summed E-state index contributed by atoms with van der Waals surface area (Å²) >= 11 is 0. The van der Waals surface area contributed by atoms with E-state index in [1.807, 2.05) is 0 Å². The molecule has 3 rings (SSSR count). The zero-order valence-electron chi connectivity index (χ0n) is 12.7. The zero-order valence-corrected chi connectivity index (χ0v) is 12.7. The van der Waals surface area contributed by atoms with Gasteiger partial charge in [-0.15, -0.1) is 0 Å². The molecule has 1 heterocycles. The molecule has 1 aromatic heterocycles. The fraction of sp³-hybridized carbons (Fsp3) is 0.368. The Kier molecular flexibility index (Phi) is 3.29. The number of fused-ring (bicyclic) bond motifs is 1. The number of aromatic nitrogens is 1. The van der Waals surface area contributed by atoms with Gasteiger partial charge >= 0.3 is 0 Å². The van der Waals surface area contributed by atoms with Crippen molar-refractivity contribution in [1.82, 2.24) is 4.98 Å². The van der Waals surface area contributed by atoms with Crippen molar-refractivity contribution >= 4 is 16.5 Å². The fourth-order valence-corrected chi connectivity index (χ4v) is 3.33. The van der Waals surface area contributed by atoms with Crippen molar-refractivity contribution in [2.75, 3.05) is 0 Å². The lowest BCUT2D eigenvalue weighted by atomic mass is 9.82. The maximum Gasteiger partial charge on any atom is 0.0461 e. The molecule has 0 saturated carbocycles. The summed E-state index contributed by atoms with van der Waals surface area (Å²) < 4.78 is 0. The lowest BCUT2D eigenvalue weighted by Crippen LogP contribution is -2.07. The third-order valence-electron chi connectivity index (χ3n) is 4.52. The second-order valence-corrected chi connectivity index (χ2v) is 6.36. The van der Waals surface area contributed by atoms with E-state index in [1.165, 1.54) is 58.1 Å². The fourth-order valence-electron chi connectivity index (χ4n) is 3.33. The minimum absolute atomic E-state index is 0.817. The van der Waals surface area contributed by atoms with E-state index in [9.17, 15) is 0 Å². The first-order chi connectivity index (χ1) is 9.54. The van der Waals surface area contributed by atoms with Crippen molar-refractivity contribution in [3.05, 3.63) is 53.2 Å². The molecule has 0 spiro atoms. The first-order valence-electron chi connectivity index (χ1n) is 7.52. The molecule has 1 atom stereocenters. The van der Waals surface area contributed by atoms with E-state index >= 15 is 0 Å². The van der Waals surface area contributed by atoms with E-state index in [4.69, 9.17) is 0 Å². The molecule has 1 N–H and O–H groups in total. The second kappa shape index (κ2) is 4.97. The highest BCUT2D eigenvalue weighted by atomic mass is 14.7. The summed E-state index contributed by atoms with van der Waals surface area (Å²) in [5.74, 6) is 0.817. The molecule has 1 aromatic carbocycles. The van der Waals surface area contributed by atoms with Gasteiger partial charge in [0.15, 0.2) is 0 Å². The summed E-state index contributed by atoms with van der Waals surface area (Å²) in [4.78, 5) is 3.53. The van der Waals surface area contributed by atoms with Crippen molar-refractivity contribution < 1.29 is 0 Å². The number of nitrogens with one attached hydrogen (secondary N) is 1. The SMILES string of the molecule is C=C(C1=C(C)CC(C)CC1)c1cc2ccc(C)cc2[nH]1. The summed E-state index contributed by atoms with van der Waals surface area (Å²) in [6.45, 7) is 11.1. The van der Waals surface area contributed by atoms with Gasteiger partial charge in [0, 0.05) is 16.6 Å². The van der Waals surface area contributed by atoms with Crippen molar-refractivity contribution in [2.24, 2.45) is 5.92 Å². The van der Waals surface area contributed by atoms with Crippen LogP contribution in [0.25, 0.3) is 16.5 Å². The van der Waals surface area contributed by atoms with Gasteiger partial charge in [-0.1, -0.05) is 31.2 Å². The Morgan fingerprint density at radius 3 is 2.80 bits per heavy atom. The predicted molar refractivity (Wildman–Crippen MR) is 87.8 cm³/mol. The largest absolute Gasteiger partial charge is 0.355 e. The van der Waals surface area contributed by atoms with Gasteiger partial charge in [-0.3, -0.25) is 0 Å². The van der Waals surface area contributed by atoms with Gasteiger partial charge in [-0.05, 0) is 67.9 Å². The standard InChI is InChI=1S/C19H23N/c1-12-6-8-17(14(3)9-12)15(4)18-11-16-7-5-13(2)10-19(16)20-18/h5,7,10-12,20H,4,6,8-9H2,1-3H3. The first kappa shape index (κ1) is 13.2. The van der Waals surface area contributed by atoms with Crippen LogP contribution in [0.3, 0.4) is 0 Å². The van der Waals surface area contributed by atoms with Crippen molar-refractivity contribution in [2.45, 2.75) is 40.0 Å². The number of hydrogen-bond acceptors (Lipinski definition) is 0. The number of aromatic amines is 1. The molecule has 1 aliphatic rings. The maximum absolute atomic E-state index is 4.35. The van der Waals surface area contributed by atoms with Gasteiger partial charge in [0.25, 0.3) is 0 Å². The third kappa shape index (κ3) is 2.33. The van der Waals surface area contributed by atoms with Crippen LogP contribution in [-0.4, -0.2) is 4.98 Å². The smallest absolute Gasteiger partial charge is 0.0461 e. The van der Waals surface area contributed by atoms with Crippen LogP contribution in [0.1, 0.15) is 44.4 Å². The summed E-state index contributed by atoms with van der Waals surface area (Å²) in [5.41, 5.74) is 7.84. The van der Waals surface area contributed by atoms with Gasteiger partial charge in [0.05, 0.1) is 0 Å². The van der Waals surface area contributed by atoms with Crippen molar-refractivity contribution in [3.8, 4) is 0 Å². The number of benzene rings is 1. The average Bonchev–Trinajstić information content (AvgIpc) is 2.81. The molecule has 1 unspecified atom stereocenters. The molecule has 0 saturated heterocycles. The molecule has 0 amide bonds. The van der Waals surface area contributed by atoms with Crippen LogP contribution in [0.5, 0.6) is 0 Å². The molecule has 1 heteroatoms. The van der Waals surface area contributed by atoms with Crippen molar-refractivity contribution in [1.29, 1.82) is 0 Å². The van der Waals surface area contributed by atoms with E-state index in [0.717, 1.165) is 5.92 Å². The number of rotatable bonds is 2. The van der Waals surface area contributed by atoms with Crippen LogP contribution < -0.4 is 0 Å². The van der Waals surface area contributed by atoms with Crippen LogP contribution in [0.4, 0.5) is 0 Å². The third-order valence-corrected chi connectivity index (χ3v) is 4.52. The monoisotopic (exact) mass is 265 g/mol. The highest BCUT2D eigenvalue weighted by molar-refractivity contribution is 5.88. The number of H-pyrrole nitrogens is 1. The number of aryl methyl sites for hydroxylation is 1. The lowest BCUT2D eigenvalue weighted by molar-refractivity contribution is 0.502. The van der Waals surface area contributed by atoms with E-state index in [0.29, 0.717) is 0 Å². The highest BCUT2D eigenvalue weighted by Gasteiger charge is 2.18. The Morgan fingerprint density at radius 1 is 1.25 bits per heavy atom. The van der Waals surface area contributed by atoms with E-state index in [1.54, 1.807) is 0 Å². The van der Waals surface area contributed by atoms with Crippen LogP contribution >= 0.6 is 0 Å². The number of allylic oxidation sites excluding steroid dienone is 3. The van der Waals surface area contributed by atoms with Gasteiger partial charge in [0.1, 0.15) is 0 Å². The predicted octanol–water partition coefficient (Wildman–Crippen LogP) is 5.63. The summed E-state index contributed by atoms with van der Waals surface area (Å²) in [7, 11) is 0. The van der Waals surface area contributed by atoms with Gasteiger partial charge in [-0.25, -0.2) is 0 Å². The molecular weight excluding hydrogens is 242 g/mol. The molecule has 0 radical (unpaired) electrons. The minimum Gasteiger partial charge on any atom is -0.355 e. The molecule has 0 aliphatic heterocycles. The molecule has 2 aromatic rings. The Labute approximate surface area is 121 Å². The van der Waals surface area contributed by atoms with Crippen LogP contribution in [-0.2, 0) is 0 Å². The summed E-state index contributed by atoms with van der Waals surface area (Å²) in [6.07, 6.45) is 3.67. The van der Waals surface area contributed by atoms with E-state index in [-0.39, 0.29) is 0 Å². The lowest BCUT2D eigenvalue weighted by Gasteiger charge is -2.24. The van der Waals surface area contributed by atoms with Crippen LogP contribution in [0.2, 0.25) is 0 Å². The molecule has 20 heavy (non-hydrogen) atoms. The quantitative estimate of drug-likeness (QED) is 0.724. The summed E-state index contributed by atoms with van der Waals surface area (Å²) in [6, 6.07) is 8.78. The van der Waals surface area contributed by atoms with Gasteiger partial charge < -0.3 is 4.98 Å². The van der Waals surface area contributed by atoms with E-state index in [2.05, 4.69) is 56.6 Å². The minimum atomic E-state index is 0.817. The Balaban J connectivity index is 1.98. The molecule has 104 valence electrons. The van der Waals surface area contributed by atoms with E-state index < -0.39 is 0 Å². The molecule has 0 fully saturated rings. The zero-order chi connectivity index (χ0) is 14.3. The normalized spacial score (nSPS) is 19.6. The Bertz CT molecular complexity index is 700. The Morgan fingerprint density at radius 2 is 2.05 bits per heavy atom. The summed E-state index contributed by atoms with van der Waals surface area (Å²) in [5, 5.41) is 1.27. The molecule has 0 bridgehead atoms. The molecule has 1 nitrogen and oxygen atoms in total. The van der Waals surface area contributed by atoms with Crippen molar-refractivity contribution in [3.63, 3.8) is 0 Å². The average molecular weight is 265 g/mol. The molecular formula is C19H23N. The first-order valence-corrected chi connectivity index (χ1v) is 7.52. The highest BCUT2D eigenvalue weighted by Crippen LogP contribution is 2.36. The van der Waals surface area contributed by atoms with Crippen LogP contribution in [0, 0.1) is 12.8 Å². The molecule has 1 aliphatic carbocycles. The van der Waals surface area contributed by atoms with Gasteiger partial charge in [0.2, 0.25) is 0 Å². The van der Waals surface area contributed by atoms with Crippen LogP contribution in [0.15, 0.2) is 42.0 Å². The maximum atomic E-state index is 4.35. The second-order valence-electron chi connectivity index (χ2n) is 6.36. The number of hydrogen-bond donors (Lipinski definition) is 1. The van der Waals surface area contributed by atoms with Gasteiger partial charge in [-0.2, -0.15) is 0 Å². The Hall–Kier alpha value is -1.76.